The van der Waals surface area contributed by atoms with Crippen LogP contribution in [0.4, 0.5) is 4.79 Å². The molecule has 0 aliphatic heterocycles. The van der Waals surface area contributed by atoms with Gasteiger partial charge in [-0.15, -0.1) is 0 Å². The molecule has 0 fully saturated rings. The number of urea groups is 1. The van der Waals surface area contributed by atoms with E-state index in [1.165, 1.54) is 12.5 Å². The smallest absolute Gasteiger partial charge is 0.341 e. The number of aliphatic hydroxyl groups excluding tert-OH is 2. The number of benzene rings is 2. The van der Waals surface area contributed by atoms with E-state index in [1.807, 2.05) is 24.3 Å². The zero-order valence-electron chi connectivity index (χ0n) is 19.3. The predicted octanol–water partition coefficient (Wildman–Crippen LogP) is 1.54. The fraction of sp³-hybridized carbons (Fsp3) is 0.400. The molecule has 2 atom stereocenters. The number of carbonyl (C=O) groups excluding carboxylic acids is 3. The van der Waals surface area contributed by atoms with Crippen LogP contribution in [0.2, 0.25) is 0 Å². The highest BCUT2D eigenvalue weighted by Crippen LogP contribution is 2.20. The van der Waals surface area contributed by atoms with Gasteiger partial charge in [0.1, 0.15) is 6.04 Å². The number of carbonyl (C=O) groups is 3. The molecule has 0 unspecified atom stereocenters. The van der Waals surface area contributed by atoms with Gasteiger partial charge in [-0.1, -0.05) is 50.7 Å². The summed E-state index contributed by atoms with van der Waals surface area (Å²) in [7, 11) is 0. The number of hydrogen-bond acceptors (Lipinski definition) is 6. The summed E-state index contributed by atoms with van der Waals surface area (Å²) in [5.74, 6) is -1.19. The largest absolute Gasteiger partial charge is 0.395 e. The predicted molar refractivity (Wildman–Crippen MR) is 133 cm³/mol. The molecule has 0 saturated heterocycles. The zero-order chi connectivity index (χ0) is 25.1. The van der Waals surface area contributed by atoms with Gasteiger partial charge in [-0.05, 0) is 42.2 Å². The number of hydroxylamine groups is 2. The van der Waals surface area contributed by atoms with Gasteiger partial charge in [-0.2, -0.15) is 0 Å². The second-order valence-corrected chi connectivity index (χ2v) is 7.69. The second-order valence-electron chi connectivity index (χ2n) is 7.69. The molecule has 0 bridgehead atoms. The first kappa shape index (κ1) is 29.6. The van der Waals surface area contributed by atoms with Crippen molar-refractivity contribution in [1.29, 1.82) is 0 Å². The fourth-order valence-electron chi connectivity index (χ4n) is 3.13. The Bertz CT molecular complexity index is 947. The summed E-state index contributed by atoms with van der Waals surface area (Å²) in [6.07, 6.45) is -0.228. The molecule has 10 heteroatoms. The van der Waals surface area contributed by atoms with Crippen LogP contribution in [0.3, 0.4) is 0 Å². The van der Waals surface area contributed by atoms with Crippen LogP contribution in [0.15, 0.2) is 48.5 Å². The van der Waals surface area contributed by atoms with Crippen LogP contribution < -0.4 is 16.0 Å². The molecule has 2 aromatic rings. The highest BCUT2D eigenvalue weighted by atomic mass is 16.5. The van der Waals surface area contributed by atoms with Crippen molar-refractivity contribution >= 4 is 17.8 Å². The van der Waals surface area contributed by atoms with E-state index >= 15 is 0 Å². The van der Waals surface area contributed by atoms with Gasteiger partial charge < -0.3 is 26.2 Å². The Labute approximate surface area is 205 Å². The van der Waals surface area contributed by atoms with Crippen molar-refractivity contribution in [1.82, 2.24) is 21.0 Å². The summed E-state index contributed by atoms with van der Waals surface area (Å²) in [5, 5.41) is 35.8. The summed E-state index contributed by atoms with van der Waals surface area (Å²) in [4.78, 5) is 36.6. The van der Waals surface area contributed by atoms with E-state index in [4.69, 9.17) is 5.11 Å². The van der Waals surface area contributed by atoms with Gasteiger partial charge in [0.15, 0.2) is 0 Å². The fourth-order valence-corrected chi connectivity index (χ4v) is 3.13. The first-order valence-corrected chi connectivity index (χ1v) is 11.1. The number of aliphatic hydroxyl groups is 2. The summed E-state index contributed by atoms with van der Waals surface area (Å²) >= 11 is 0. The molecule has 0 saturated carbocycles. The van der Waals surface area contributed by atoms with Crippen molar-refractivity contribution in [3.63, 3.8) is 0 Å². The molecule has 6 N–H and O–H groups in total. The molecule has 0 spiro atoms. The molecule has 2 rings (SSSR count). The van der Waals surface area contributed by atoms with Gasteiger partial charge in [0.25, 0.3) is 5.91 Å². The second kappa shape index (κ2) is 14.7. The number of amides is 4. The van der Waals surface area contributed by atoms with Gasteiger partial charge in [0.2, 0.25) is 5.91 Å². The molecular formula is C25H36N4O6. The molecule has 0 aliphatic carbocycles. The van der Waals surface area contributed by atoms with Crippen LogP contribution in [-0.4, -0.2) is 76.7 Å². The van der Waals surface area contributed by atoms with E-state index in [1.54, 1.807) is 12.1 Å². The maximum Gasteiger partial charge on any atom is 0.341 e. The minimum absolute atomic E-state index is 0. The Hall–Kier alpha value is -3.47. The topological polar surface area (TPSA) is 151 Å². The van der Waals surface area contributed by atoms with E-state index < -0.39 is 30.0 Å². The third kappa shape index (κ3) is 9.01. The number of nitrogens with zero attached hydrogens (tertiary/aromatic N) is 1. The standard InChI is InChI=1S/C24H32N4O6.CH4/c1-3-17-4-6-18(7-5-17)19-8-10-20(11-9-19)22(31)27-21(16(2)30)23(32)25-12-14-28(34)24(33)26-13-15-29;/h4-11,16,21,29-30,34H,3,12-15H2,1-2H3,(H,25,32)(H,26,33)(H,27,31);1H4/t16-,21+;/m1./s1. The van der Waals surface area contributed by atoms with Crippen LogP contribution in [0.1, 0.15) is 37.2 Å². The highest BCUT2D eigenvalue weighted by Gasteiger charge is 2.26. The lowest BCUT2D eigenvalue weighted by Gasteiger charge is -2.22. The van der Waals surface area contributed by atoms with Gasteiger partial charge in [0, 0.05) is 18.7 Å². The third-order valence-corrected chi connectivity index (χ3v) is 5.14. The maximum absolute atomic E-state index is 12.6. The van der Waals surface area contributed by atoms with Crippen LogP contribution in [0.5, 0.6) is 0 Å². The van der Waals surface area contributed by atoms with E-state index in [0.717, 1.165) is 17.5 Å². The zero-order valence-corrected chi connectivity index (χ0v) is 19.3. The van der Waals surface area contributed by atoms with Crippen molar-refractivity contribution < 1.29 is 29.8 Å². The SMILES string of the molecule is C.CCc1ccc(-c2ccc(C(=O)N[C@H](C(=O)NCCN(O)C(=O)NCCO)[C@@H](C)O)cc2)cc1. The summed E-state index contributed by atoms with van der Waals surface area (Å²) in [6, 6.07) is 13.0. The first-order valence-electron chi connectivity index (χ1n) is 11.1. The molecule has 10 nitrogen and oxygen atoms in total. The van der Waals surface area contributed by atoms with E-state index in [9.17, 15) is 24.7 Å². The molecular weight excluding hydrogens is 452 g/mol. The van der Waals surface area contributed by atoms with Crippen molar-refractivity contribution in [3.8, 4) is 11.1 Å². The molecule has 0 heterocycles. The number of hydrogen-bond donors (Lipinski definition) is 6. The van der Waals surface area contributed by atoms with Crippen LogP contribution in [0.25, 0.3) is 11.1 Å². The molecule has 0 aromatic heterocycles. The van der Waals surface area contributed by atoms with Crippen LogP contribution in [0, 0.1) is 0 Å². The molecule has 35 heavy (non-hydrogen) atoms. The number of rotatable bonds is 11. The van der Waals surface area contributed by atoms with Crippen LogP contribution in [-0.2, 0) is 11.2 Å². The lowest BCUT2D eigenvalue weighted by atomic mass is 10.0. The minimum Gasteiger partial charge on any atom is -0.395 e. The minimum atomic E-state index is -1.23. The average molecular weight is 489 g/mol. The van der Waals surface area contributed by atoms with Gasteiger partial charge in [-0.3, -0.25) is 14.8 Å². The highest BCUT2D eigenvalue weighted by molar-refractivity contribution is 5.98. The Morgan fingerprint density at radius 1 is 0.943 bits per heavy atom. The van der Waals surface area contributed by atoms with Crippen LogP contribution >= 0.6 is 0 Å². The Kier molecular flexibility index (Phi) is 12.4. The van der Waals surface area contributed by atoms with Crippen molar-refractivity contribution in [2.45, 2.75) is 39.8 Å². The summed E-state index contributed by atoms with van der Waals surface area (Å²) in [5.41, 5.74) is 3.53. The van der Waals surface area contributed by atoms with Gasteiger partial charge in [-0.25, -0.2) is 9.86 Å². The van der Waals surface area contributed by atoms with E-state index in [-0.39, 0.29) is 33.7 Å². The average Bonchev–Trinajstić information content (AvgIpc) is 2.85. The summed E-state index contributed by atoms with van der Waals surface area (Å²) in [6.45, 7) is 2.81. The Morgan fingerprint density at radius 3 is 2.03 bits per heavy atom. The van der Waals surface area contributed by atoms with Crippen molar-refractivity contribution in [3.05, 3.63) is 59.7 Å². The Morgan fingerprint density at radius 2 is 1.51 bits per heavy atom. The molecule has 0 radical (unpaired) electrons. The summed E-state index contributed by atoms with van der Waals surface area (Å²) < 4.78 is 0. The number of nitrogens with one attached hydrogen (secondary N) is 3. The number of aryl methyl sites for hydroxylation is 1. The third-order valence-electron chi connectivity index (χ3n) is 5.14. The molecule has 192 valence electrons. The Balaban J connectivity index is 0.00000612. The van der Waals surface area contributed by atoms with Crippen molar-refractivity contribution in [2.75, 3.05) is 26.2 Å². The van der Waals surface area contributed by atoms with E-state index in [0.29, 0.717) is 10.6 Å². The first-order chi connectivity index (χ1) is 16.3. The lowest BCUT2D eigenvalue weighted by molar-refractivity contribution is -0.125. The quantitative estimate of drug-likeness (QED) is 0.209. The molecule has 4 amide bonds. The maximum atomic E-state index is 12.6. The normalized spacial score (nSPS) is 12.0. The van der Waals surface area contributed by atoms with Gasteiger partial charge in [0.05, 0.1) is 19.3 Å². The van der Waals surface area contributed by atoms with Gasteiger partial charge >= 0.3 is 6.03 Å². The molecule has 2 aromatic carbocycles. The lowest BCUT2D eigenvalue weighted by Crippen LogP contribution is -2.53. The van der Waals surface area contributed by atoms with E-state index in [2.05, 4.69) is 35.0 Å². The van der Waals surface area contributed by atoms with Crippen molar-refractivity contribution in [2.24, 2.45) is 0 Å². The monoisotopic (exact) mass is 488 g/mol. The molecule has 0 aliphatic rings.